The van der Waals surface area contributed by atoms with Crippen molar-refractivity contribution in [2.45, 2.75) is 43.2 Å². The molecule has 0 unspecified atom stereocenters. The zero-order valence-electron chi connectivity index (χ0n) is 10.8. The normalized spacial score (nSPS) is 24.2. The summed E-state index contributed by atoms with van der Waals surface area (Å²) in [5, 5.41) is 4.07. The van der Waals surface area contributed by atoms with Crippen LogP contribution in [-0.2, 0) is 6.18 Å². The number of alkyl halides is 3. The molecule has 1 N–H and O–H groups in total. The largest absolute Gasteiger partial charge is 0.416 e. The Labute approximate surface area is 116 Å². The molecule has 1 nitrogen and oxygen atoms in total. The van der Waals surface area contributed by atoms with E-state index in [4.69, 9.17) is 0 Å². The number of hydrogen-bond donors (Lipinski definition) is 1. The number of rotatable bonds is 3. The predicted octanol–water partition coefficient (Wildman–Crippen LogP) is 4.79. The molecule has 1 fully saturated rings. The summed E-state index contributed by atoms with van der Waals surface area (Å²) in [5.74, 6) is 0. The Morgan fingerprint density at radius 2 is 1.63 bits per heavy atom. The summed E-state index contributed by atoms with van der Waals surface area (Å²) in [6.07, 6.45) is 2.42. The van der Waals surface area contributed by atoms with Gasteiger partial charge in [0, 0.05) is 17.0 Å². The van der Waals surface area contributed by atoms with E-state index in [0.29, 0.717) is 6.04 Å². The summed E-state index contributed by atoms with van der Waals surface area (Å²) in [7, 11) is 0. The number of nitrogens with one attached hydrogen (secondary N) is 1. The molecule has 0 radical (unpaired) electrons. The monoisotopic (exact) mass is 289 g/mol. The van der Waals surface area contributed by atoms with Gasteiger partial charge >= 0.3 is 6.18 Å². The highest BCUT2D eigenvalue weighted by Crippen LogP contribution is 2.31. The van der Waals surface area contributed by atoms with Gasteiger partial charge in [-0.1, -0.05) is 0 Å². The second-order valence-corrected chi connectivity index (χ2v) is 6.07. The van der Waals surface area contributed by atoms with Crippen molar-refractivity contribution in [3.63, 3.8) is 0 Å². The van der Waals surface area contributed by atoms with E-state index in [1.54, 1.807) is 0 Å². The smallest absolute Gasteiger partial charge is 0.382 e. The van der Waals surface area contributed by atoms with E-state index in [0.717, 1.165) is 35.9 Å². The lowest BCUT2D eigenvalue weighted by molar-refractivity contribution is -0.137. The van der Waals surface area contributed by atoms with Crippen LogP contribution in [0.15, 0.2) is 24.3 Å². The van der Waals surface area contributed by atoms with Gasteiger partial charge in [0.1, 0.15) is 0 Å². The third-order valence-corrected chi connectivity index (χ3v) is 4.73. The topological polar surface area (TPSA) is 12.0 Å². The Morgan fingerprint density at radius 3 is 2.11 bits per heavy atom. The number of hydrogen-bond acceptors (Lipinski definition) is 2. The first-order chi connectivity index (χ1) is 8.99. The molecule has 0 amide bonds. The maximum atomic E-state index is 12.4. The molecule has 1 aromatic rings. The number of anilines is 1. The molecule has 0 spiro atoms. The maximum Gasteiger partial charge on any atom is 0.416 e. The van der Waals surface area contributed by atoms with Crippen LogP contribution in [0.25, 0.3) is 0 Å². The lowest BCUT2D eigenvalue weighted by Crippen LogP contribution is -2.27. The van der Waals surface area contributed by atoms with Crippen LogP contribution in [0.1, 0.15) is 31.2 Å². The third-order valence-electron chi connectivity index (χ3n) is 3.59. The molecule has 1 saturated carbocycles. The SMILES string of the molecule is CSC1CCC(Nc2ccc(C(F)(F)F)cc2)CC1. The first-order valence-electron chi connectivity index (χ1n) is 6.45. The van der Waals surface area contributed by atoms with Gasteiger partial charge in [0.25, 0.3) is 0 Å². The summed E-state index contributed by atoms with van der Waals surface area (Å²) < 4.78 is 37.3. The minimum Gasteiger partial charge on any atom is -0.382 e. The summed E-state index contributed by atoms with van der Waals surface area (Å²) >= 11 is 1.91. The first-order valence-corrected chi connectivity index (χ1v) is 7.74. The van der Waals surface area contributed by atoms with E-state index in [1.165, 1.54) is 25.0 Å². The molecule has 0 aromatic heterocycles. The van der Waals surface area contributed by atoms with Crippen molar-refractivity contribution in [2.24, 2.45) is 0 Å². The zero-order chi connectivity index (χ0) is 13.9. The van der Waals surface area contributed by atoms with Crippen LogP contribution >= 0.6 is 11.8 Å². The minimum atomic E-state index is -4.26. The van der Waals surface area contributed by atoms with Gasteiger partial charge < -0.3 is 5.32 Å². The summed E-state index contributed by atoms with van der Waals surface area (Å²) in [5.41, 5.74) is 0.185. The van der Waals surface area contributed by atoms with Crippen molar-refractivity contribution in [3.05, 3.63) is 29.8 Å². The Hall–Kier alpha value is -0.840. The van der Waals surface area contributed by atoms with Crippen molar-refractivity contribution in [1.82, 2.24) is 0 Å². The molecule has 0 heterocycles. The van der Waals surface area contributed by atoms with Crippen LogP contribution in [0.5, 0.6) is 0 Å². The molecule has 1 aliphatic carbocycles. The quantitative estimate of drug-likeness (QED) is 0.858. The lowest BCUT2D eigenvalue weighted by Gasteiger charge is -2.28. The first kappa shape index (κ1) is 14.6. The van der Waals surface area contributed by atoms with Crippen LogP contribution in [-0.4, -0.2) is 17.5 Å². The van der Waals surface area contributed by atoms with Crippen LogP contribution in [0.2, 0.25) is 0 Å². The number of thioether (sulfide) groups is 1. The molecule has 0 atom stereocenters. The zero-order valence-corrected chi connectivity index (χ0v) is 11.7. The van der Waals surface area contributed by atoms with Gasteiger partial charge in [0.2, 0.25) is 0 Å². The van der Waals surface area contributed by atoms with Crippen molar-refractivity contribution in [2.75, 3.05) is 11.6 Å². The maximum absolute atomic E-state index is 12.4. The Bertz CT molecular complexity index is 394. The fourth-order valence-corrected chi connectivity index (χ4v) is 3.18. The molecule has 106 valence electrons. The Balaban J connectivity index is 1.90. The van der Waals surface area contributed by atoms with Crippen molar-refractivity contribution < 1.29 is 13.2 Å². The van der Waals surface area contributed by atoms with Gasteiger partial charge in [-0.05, 0) is 56.2 Å². The fraction of sp³-hybridized carbons (Fsp3) is 0.571. The van der Waals surface area contributed by atoms with Gasteiger partial charge in [-0.25, -0.2) is 0 Å². The van der Waals surface area contributed by atoms with Gasteiger partial charge in [-0.3, -0.25) is 0 Å². The standard InChI is InChI=1S/C14H18F3NS/c1-19-13-8-6-12(7-9-13)18-11-4-2-10(3-5-11)14(15,16)17/h2-5,12-13,18H,6-9H2,1H3. The van der Waals surface area contributed by atoms with E-state index >= 15 is 0 Å². The second kappa shape index (κ2) is 6.07. The molecule has 1 aromatic carbocycles. The van der Waals surface area contributed by atoms with E-state index < -0.39 is 11.7 Å². The molecule has 5 heteroatoms. The van der Waals surface area contributed by atoms with Crippen LogP contribution in [0, 0.1) is 0 Å². The molecular weight excluding hydrogens is 271 g/mol. The molecule has 0 saturated heterocycles. The molecule has 2 rings (SSSR count). The highest BCUT2D eigenvalue weighted by Gasteiger charge is 2.30. The van der Waals surface area contributed by atoms with Crippen molar-refractivity contribution >= 4 is 17.4 Å². The van der Waals surface area contributed by atoms with Crippen LogP contribution in [0.3, 0.4) is 0 Å². The minimum absolute atomic E-state index is 0.389. The van der Waals surface area contributed by atoms with Gasteiger partial charge in [-0.2, -0.15) is 24.9 Å². The van der Waals surface area contributed by atoms with Gasteiger partial charge in [-0.15, -0.1) is 0 Å². The lowest BCUT2D eigenvalue weighted by atomic mass is 9.95. The Morgan fingerprint density at radius 1 is 1.05 bits per heavy atom. The third kappa shape index (κ3) is 4.06. The predicted molar refractivity (Wildman–Crippen MR) is 74.6 cm³/mol. The molecule has 0 bridgehead atoms. The van der Waals surface area contributed by atoms with Gasteiger partial charge in [0.05, 0.1) is 5.56 Å². The summed E-state index contributed by atoms with van der Waals surface area (Å²) in [6, 6.07) is 5.69. The fourth-order valence-electron chi connectivity index (χ4n) is 2.43. The highest BCUT2D eigenvalue weighted by molar-refractivity contribution is 7.99. The van der Waals surface area contributed by atoms with E-state index in [9.17, 15) is 13.2 Å². The Kier molecular flexibility index (Phi) is 4.66. The molecule has 19 heavy (non-hydrogen) atoms. The van der Waals surface area contributed by atoms with E-state index in [-0.39, 0.29) is 0 Å². The van der Waals surface area contributed by atoms with Crippen molar-refractivity contribution in [1.29, 1.82) is 0 Å². The van der Waals surface area contributed by atoms with Crippen molar-refractivity contribution in [3.8, 4) is 0 Å². The number of benzene rings is 1. The average molecular weight is 289 g/mol. The van der Waals surface area contributed by atoms with E-state index in [2.05, 4.69) is 11.6 Å². The summed E-state index contributed by atoms with van der Waals surface area (Å²) in [4.78, 5) is 0. The summed E-state index contributed by atoms with van der Waals surface area (Å²) in [6.45, 7) is 0. The molecular formula is C14H18F3NS. The average Bonchev–Trinajstić information content (AvgIpc) is 2.39. The van der Waals surface area contributed by atoms with Crippen LogP contribution in [0.4, 0.5) is 18.9 Å². The second-order valence-electron chi connectivity index (χ2n) is 4.93. The van der Waals surface area contributed by atoms with E-state index in [1.807, 2.05) is 11.8 Å². The number of halogens is 3. The molecule has 1 aliphatic rings. The molecule has 0 aliphatic heterocycles. The van der Waals surface area contributed by atoms with Gasteiger partial charge in [0.15, 0.2) is 0 Å². The van der Waals surface area contributed by atoms with Crippen LogP contribution < -0.4 is 5.32 Å². The highest BCUT2D eigenvalue weighted by atomic mass is 32.2.